The van der Waals surface area contributed by atoms with Crippen LogP contribution in [0, 0.1) is 6.92 Å². The maximum atomic E-state index is 5.91. The van der Waals surface area contributed by atoms with Gasteiger partial charge in [-0.1, -0.05) is 0 Å². The Morgan fingerprint density at radius 1 is 1.15 bits per heavy atom. The van der Waals surface area contributed by atoms with Gasteiger partial charge >= 0.3 is 0 Å². The molecule has 5 nitrogen and oxygen atoms in total. The van der Waals surface area contributed by atoms with Gasteiger partial charge in [-0.05, 0) is 18.6 Å². The van der Waals surface area contributed by atoms with Crippen LogP contribution in [0.1, 0.15) is 5.56 Å². The number of hydrogen-bond donors (Lipinski definition) is 1. The highest BCUT2D eigenvalue weighted by atomic mass is 16.6. The van der Waals surface area contributed by atoms with Crippen molar-refractivity contribution in [3.8, 4) is 17.2 Å². The van der Waals surface area contributed by atoms with Crippen LogP contribution in [0.5, 0.6) is 17.2 Å². The van der Waals surface area contributed by atoms with Gasteiger partial charge in [0.25, 0.3) is 0 Å². The third kappa shape index (κ3) is 3.16. The van der Waals surface area contributed by atoms with E-state index in [1.807, 2.05) is 19.1 Å². The van der Waals surface area contributed by atoms with Crippen molar-refractivity contribution in [2.75, 3.05) is 52.5 Å². The highest BCUT2D eigenvalue weighted by Crippen LogP contribution is 2.36. The van der Waals surface area contributed by atoms with E-state index in [0.717, 1.165) is 55.5 Å². The van der Waals surface area contributed by atoms with Crippen LogP contribution in [0.15, 0.2) is 12.1 Å². The molecule has 0 bridgehead atoms. The van der Waals surface area contributed by atoms with Crippen molar-refractivity contribution in [3.63, 3.8) is 0 Å². The number of nitrogens with one attached hydrogen (secondary N) is 1. The highest BCUT2D eigenvalue weighted by molar-refractivity contribution is 5.50. The predicted octanol–water partition coefficient (Wildman–Crippen LogP) is 1.05. The standard InChI is InChI=1S/C15H22N2O3/c1-12-10-14-15(20-9-8-19-14)11-13(12)18-7-6-17-4-2-16-3-5-17/h10-11,16H,2-9H2,1H3. The van der Waals surface area contributed by atoms with Gasteiger partial charge in [-0.15, -0.1) is 0 Å². The molecule has 0 aromatic heterocycles. The molecular weight excluding hydrogens is 256 g/mol. The Kier molecular flexibility index (Phi) is 4.28. The molecule has 2 aliphatic rings. The molecule has 5 heteroatoms. The van der Waals surface area contributed by atoms with Gasteiger partial charge in [-0.2, -0.15) is 0 Å². The predicted molar refractivity (Wildman–Crippen MR) is 77.0 cm³/mol. The third-order valence-electron chi connectivity index (χ3n) is 3.71. The lowest BCUT2D eigenvalue weighted by Gasteiger charge is -2.27. The van der Waals surface area contributed by atoms with E-state index in [-0.39, 0.29) is 0 Å². The Morgan fingerprint density at radius 2 is 1.85 bits per heavy atom. The van der Waals surface area contributed by atoms with Gasteiger partial charge in [0.15, 0.2) is 11.5 Å². The molecule has 1 N–H and O–H groups in total. The summed E-state index contributed by atoms with van der Waals surface area (Å²) in [5.74, 6) is 2.51. The van der Waals surface area contributed by atoms with Crippen LogP contribution in [0.25, 0.3) is 0 Å². The number of benzene rings is 1. The van der Waals surface area contributed by atoms with Crippen LogP contribution in [0.2, 0.25) is 0 Å². The lowest BCUT2D eigenvalue weighted by molar-refractivity contribution is 0.168. The van der Waals surface area contributed by atoms with Crippen LogP contribution in [0.3, 0.4) is 0 Å². The normalized spacial score (nSPS) is 18.9. The molecule has 2 aliphatic heterocycles. The molecule has 0 amide bonds. The lowest BCUT2D eigenvalue weighted by atomic mass is 10.2. The quantitative estimate of drug-likeness (QED) is 0.892. The smallest absolute Gasteiger partial charge is 0.165 e. The molecule has 0 atom stereocenters. The maximum Gasteiger partial charge on any atom is 0.165 e. The molecular formula is C15H22N2O3. The molecule has 0 saturated carbocycles. The average molecular weight is 278 g/mol. The van der Waals surface area contributed by atoms with Crippen LogP contribution in [-0.2, 0) is 0 Å². The number of piperazine rings is 1. The van der Waals surface area contributed by atoms with Gasteiger partial charge in [0.05, 0.1) is 0 Å². The molecule has 110 valence electrons. The Morgan fingerprint density at radius 3 is 2.60 bits per heavy atom. The Labute approximate surface area is 119 Å². The molecule has 1 saturated heterocycles. The first-order valence-electron chi connectivity index (χ1n) is 7.29. The summed E-state index contributed by atoms with van der Waals surface area (Å²) in [5.41, 5.74) is 1.09. The zero-order valence-corrected chi connectivity index (χ0v) is 12.0. The third-order valence-corrected chi connectivity index (χ3v) is 3.71. The fourth-order valence-electron chi connectivity index (χ4n) is 2.55. The molecule has 0 spiro atoms. The maximum absolute atomic E-state index is 5.91. The van der Waals surface area contributed by atoms with E-state index in [0.29, 0.717) is 19.8 Å². The van der Waals surface area contributed by atoms with Crippen molar-refractivity contribution in [2.45, 2.75) is 6.92 Å². The number of ether oxygens (including phenoxy) is 3. The van der Waals surface area contributed by atoms with Crippen LogP contribution < -0.4 is 19.5 Å². The summed E-state index contributed by atoms with van der Waals surface area (Å²) in [5, 5.41) is 3.35. The molecule has 20 heavy (non-hydrogen) atoms. The largest absolute Gasteiger partial charge is 0.492 e. The van der Waals surface area contributed by atoms with Gasteiger partial charge in [0.1, 0.15) is 25.6 Å². The van der Waals surface area contributed by atoms with Gasteiger partial charge in [0.2, 0.25) is 0 Å². The number of rotatable bonds is 4. The van der Waals surface area contributed by atoms with Crippen molar-refractivity contribution < 1.29 is 14.2 Å². The second-order valence-corrected chi connectivity index (χ2v) is 5.20. The van der Waals surface area contributed by atoms with E-state index in [4.69, 9.17) is 14.2 Å². The fraction of sp³-hybridized carbons (Fsp3) is 0.600. The molecule has 0 aliphatic carbocycles. The Bertz CT molecular complexity index is 459. The summed E-state index contributed by atoms with van der Waals surface area (Å²) < 4.78 is 17.1. The molecule has 2 heterocycles. The van der Waals surface area contributed by atoms with Crippen LogP contribution in [-0.4, -0.2) is 57.4 Å². The van der Waals surface area contributed by atoms with E-state index in [9.17, 15) is 0 Å². The van der Waals surface area contributed by atoms with Crippen molar-refractivity contribution in [3.05, 3.63) is 17.7 Å². The second-order valence-electron chi connectivity index (χ2n) is 5.20. The van der Waals surface area contributed by atoms with E-state index >= 15 is 0 Å². The van der Waals surface area contributed by atoms with Gasteiger partial charge < -0.3 is 19.5 Å². The first kappa shape index (κ1) is 13.5. The average Bonchev–Trinajstić information content (AvgIpc) is 2.49. The molecule has 0 unspecified atom stereocenters. The summed E-state index contributed by atoms with van der Waals surface area (Å²) in [6.07, 6.45) is 0. The summed E-state index contributed by atoms with van der Waals surface area (Å²) >= 11 is 0. The molecule has 0 radical (unpaired) electrons. The number of aryl methyl sites for hydroxylation is 1. The zero-order valence-electron chi connectivity index (χ0n) is 12.0. The number of hydrogen-bond acceptors (Lipinski definition) is 5. The van der Waals surface area contributed by atoms with Gasteiger partial charge in [0, 0.05) is 38.8 Å². The summed E-state index contributed by atoms with van der Waals surface area (Å²) in [6, 6.07) is 3.94. The molecule has 1 aromatic carbocycles. The first-order valence-corrected chi connectivity index (χ1v) is 7.29. The van der Waals surface area contributed by atoms with E-state index < -0.39 is 0 Å². The van der Waals surface area contributed by atoms with Gasteiger partial charge in [-0.25, -0.2) is 0 Å². The number of fused-ring (bicyclic) bond motifs is 1. The summed E-state index contributed by atoms with van der Waals surface area (Å²) in [7, 11) is 0. The van der Waals surface area contributed by atoms with Crippen molar-refractivity contribution >= 4 is 0 Å². The minimum atomic E-state index is 0.607. The SMILES string of the molecule is Cc1cc2c(cc1OCCN1CCNCC1)OCCO2. The zero-order chi connectivity index (χ0) is 13.8. The monoisotopic (exact) mass is 278 g/mol. The fourth-order valence-corrected chi connectivity index (χ4v) is 2.55. The molecule has 3 rings (SSSR count). The van der Waals surface area contributed by atoms with Crippen molar-refractivity contribution in [2.24, 2.45) is 0 Å². The first-order chi connectivity index (χ1) is 9.83. The van der Waals surface area contributed by atoms with E-state index in [1.54, 1.807) is 0 Å². The van der Waals surface area contributed by atoms with Crippen molar-refractivity contribution in [1.82, 2.24) is 10.2 Å². The van der Waals surface area contributed by atoms with E-state index in [2.05, 4.69) is 10.2 Å². The van der Waals surface area contributed by atoms with Crippen LogP contribution in [0.4, 0.5) is 0 Å². The molecule has 1 aromatic rings. The van der Waals surface area contributed by atoms with Crippen LogP contribution >= 0.6 is 0 Å². The summed E-state index contributed by atoms with van der Waals surface area (Å²) in [6.45, 7) is 9.29. The van der Waals surface area contributed by atoms with E-state index in [1.165, 1.54) is 0 Å². The number of nitrogens with zero attached hydrogens (tertiary/aromatic N) is 1. The van der Waals surface area contributed by atoms with Crippen molar-refractivity contribution in [1.29, 1.82) is 0 Å². The Hall–Kier alpha value is -1.46. The minimum absolute atomic E-state index is 0.607. The minimum Gasteiger partial charge on any atom is -0.492 e. The van der Waals surface area contributed by atoms with Gasteiger partial charge in [-0.3, -0.25) is 4.90 Å². The summed E-state index contributed by atoms with van der Waals surface area (Å²) in [4.78, 5) is 2.42. The Balaban J connectivity index is 1.56. The topological polar surface area (TPSA) is 43.0 Å². The lowest BCUT2D eigenvalue weighted by Crippen LogP contribution is -2.44. The molecule has 1 fully saturated rings. The highest BCUT2D eigenvalue weighted by Gasteiger charge is 2.15. The second kappa shape index (κ2) is 6.33.